The molecule has 2 heterocycles. The van der Waals surface area contributed by atoms with Crippen molar-refractivity contribution in [2.24, 2.45) is 0 Å². The van der Waals surface area contributed by atoms with E-state index in [1.807, 2.05) is 18.2 Å². The molecule has 0 radical (unpaired) electrons. The van der Waals surface area contributed by atoms with Crippen LogP contribution in [-0.4, -0.2) is 18.2 Å². The quantitative estimate of drug-likeness (QED) is 0.742. The molecular formula is C12H10BrNO2. The highest BCUT2D eigenvalue weighted by molar-refractivity contribution is 9.10. The fourth-order valence-corrected chi connectivity index (χ4v) is 2.20. The Morgan fingerprint density at radius 1 is 1.12 bits per heavy atom. The second kappa shape index (κ2) is 3.94. The summed E-state index contributed by atoms with van der Waals surface area (Å²) in [4.78, 5) is 4.32. The van der Waals surface area contributed by atoms with Crippen LogP contribution in [0.25, 0.3) is 10.9 Å². The minimum Gasteiger partial charge on any atom is -0.490 e. The maximum Gasteiger partial charge on any atom is 0.163 e. The zero-order valence-corrected chi connectivity index (χ0v) is 10.2. The van der Waals surface area contributed by atoms with E-state index < -0.39 is 0 Å². The Balaban J connectivity index is 2.24. The Morgan fingerprint density at radius 3 is 2.69 bits per heavy atom. The number of aromatic nitrogens is 1. The molecule has 1 aromatic carbocycles. The van der Waals surface area contributed by atoms with Gasteiger partial charge in [0.2, 0.25) is 0 Å². The van der Waals surface area contributed by atoms with Gasteiger partial charge in [0.25, 0.3) is 0 Å². The van der Waals surface area contributed by atoms with Crippen LogP contribution in [0.4, 0.5) is 0 Å². The lowest BCUT2D eigenvalue weighted by Crippen LogP contribution is -1.97. The van der Waals surface area contributed by atoms with Gasteiger partial charge in [-0.15, -0.1) is 0 Å². The fourth-order valence-electron chi connectivity index (χ4n) is 1.77. The highest BCUT2D eigenvalue weighted by Crippen LogP contribution is 2.35. The maximum absolute atomic E-state index is 5.64. The molecule has 0 fully saturated rings. The summed E-state index contributed by atoms with van der Waals surface area (Å²) in [5.41, 5.74) is 0.915. The Hall–Kier alpha value is -1.29. The van der Waals surface area contributed by atoms with Gasteiger partial charge in [0.05, 0.1) is 18.7 Å². The second-order valence-corrected chi connectivity index (χ2v) is 4.51. The number of ether oxygens (including phenoxy) is 2. The van der Waals surface area contributed by atoms with Crippen LogP contribution in [0, 0.1) is 0 Å². The molecule has 4 heteroatoms. The van der Waals surface area contributed by atoms with Crippen LogP contribution in [0.1, 0.15) is 6.42 Å². The molecule has 3 nitrogen and oxygen atoms in total. The zero-order chi connectivity index (χ0) is 11.0. The molecule has 0 saturated carbocycles. The molecule has 0 N–H and O–H groups in total. The van der Waals surface area contributed by atoms with Crippen LogP contribution in [0.3, 0.4) is 0 Å². The van der Waals surface area contributed by atoms with Gasteiger partial charge < -0.3 is 9.47 Å². The van der Waals surface area contributed by atoms with E-state index in [1.54, 1.807) is 6.20 Å². The number of nitrogens with zero attached hydrogens (tertiary/aromatic N) is 1. The fraction of sp³-hybridized carbons (Fsp3) is 0.250. The van der Waals surface area contributed by atoms with Crippen molar-refractivity contribution < 1.29 is 9.47 Å². The van der Waals surface area contributed by atoms with E-state index in [0.29, 0.717) is 13.2 Å². The molecule has 0 bridgehead atoms. The smallest absolute Gasteiger partial charge is 0.163 e. The van der Waals surface area contributed by atoms with Gasteiger partial charge in [0, 0.05) is 28.5 Å². The summed E-state index contributed by atoms with van der Waals surface area (Å²) in [5, 5.41) is 1.05. The average Bonchev–Trinajstić information content (AvgIpc) is 2.52. The third-order valence-corrected chi connectivity index (χ3v) is 3.25. The van der Waals surface area contributed by atoms with Crippen molar-refractivity contribution in [3.63, 3.8) is 0 Å². The molecule has 1 aliphatic rings. The van der Waals surface area contributed by atoms with Gasteiger partial charge in [0.1, 0.15) is 0 Å². The van der Waals surface area contributed by atoms with Crippen molar-refractivity contribution in [2.45, 2.75) is 6.42 Å². The first-order chi connectivity index (χ1) is 7.84. The molecule has 1 aliphatic heterocycles. The van der Waals surface area contributed by atoms with E-state index in [1.165, 1.54) is 0 Å². The Kier molecular flexibility index (Phi) is 2.44. The lowest BCUT2D eigenvalue weighted by molar-refractivity contribution is 0.297. The molecule has 0 amide bonds. The minimum atomic E-state index is 0.701. The predicted octanol–water partition coefficient (Wildman–Crippen LogP) is 3.16. The van der Waals surface area contributed by atoms with Crippen molar-refractivity contribution in [3.05, 3.63) is 28.9 Å². The number of pyridine rings is 1. The molecule has 0 saturated heterocycles. The van der Waals surface area contributed by atoms with Gasteiger partial charge in [-0.1, -0.05) is 15.9 Å². The van der Waals surface area contributed by atoms with E-state index in [0.717, 1.165) is 33.3 Å². The van der Waals surface area contributed by atoms with Crippen LogP contribution in [-0.2, 0) is 0 Å². The van der Waals surface area contributed by atoms with Gasteiger partial charge in [-0.2, -0.15) is 0 Å². The van der Waals surface area contributed by atoms with Crippen LogP contribution in [0.2, 0.25) is 0 Å². The van der Waals surface area contributed by atoms with Gasteiger partial charge in [-0.3, -0.25) is 4.98 Å². The number of rotatable bonds is 0. The summed E-state index contributed by atoms with van der Waals surface area (Å²) < 4.78 is 12.3. The van der Waals surface area contributed by atoms with Gasteiger partial charge in [-0.05, 0) is 12.1 Å². The van der Waals surface area contributed by atoms with Crippen LogP contribution in [0.5, 0.6) is 11.5 Å². The Bertz CT molecular complexity index is 542. The monoisotopic (exact) mass is 279 g/mol. The first kappa shape index (κ1) is 9.90. The molecule has 1 aromatic heterocycles. The molecule has 0 aliphatic carbocycles. The van der Waals surface area contributed by atoms with Crippen LogP contribution in [0.15, 0.2) is 28.9 Å². The lowest BCUT2D eigenvalue weighted by Gasteiger charge is -2.08. The van der Waals surface area contributed by atoms with Crippen LogP contribution < -0.4 is 9.47 Å². The lowest BCUT2D eigenvalue weighted by atomic mass is 10.2. The molecule has 2 aromatic rings. The van der Waals surface area contributed by atoms with E-state index in [9.17, 15) is 0 Å². The number of halogens is 1. The largest absolute Gasteiger partial charge is 0.490 e. The third-order valence-electron chi connectivity index (χ3n) is 2.56. The highest BCUT2D eigenvalue weighted by Gasteiger charge is 2.12. The third kappa shape index (κ3) is 1.63. The van der Waals surface area contributed by atoms with E-state index in [-0.39, 0.29) is 0 Å². The number of benzene rings is 1. The highest BCUT2D eigenvalue weighted by atomic mass is 79.9. The molecule has 3 rings (SSSR count). The second-order valence-electron chi connectivity index (χ2n) is 3.66. The molecule has 82 valence electrons. The summed E-state index contributed by atoms with van der Waals surface area (Å²) in [6.07, 6.45) is 2.69. The normalized spacial score (nSPS) is 14.8. The first-order valence-electron chi connectivity index (χ1n) is 5.18. The Morgan fingerprint density at radius 2 is 1.88 bits per heavy atom. The Labute approximate surface area is 102 Å². The van der Waals surface area contributed by atoms with Gasteiger partial charge in [0.15, 0.2) is 11.5 Å². The number of fused-ring (bicyclic) bond motifs is 2. The first-order valence-corrected chi connectivity index (χ1v) is 5.98. The number of hydrogen-bond donors (Lipinski definition) is 0. The molecule has 0 spiro atoms. The zero-order valence-electron chi connectivity index (χ0n) is 8.57. The van der Waals surface area contributed by atoms with Crippen molar-refractivity contribution in [2.75, 3.05) is 13.2 Å². The predicted molar refractivity (Wildman–Crippen MR) is 65.1 cm³/mol. The standard InChI is InChI=1S/C12H10BrNO2/c13-9-2-3-14-10-7-12-11(6-8(9)10)15-4-1-5-16-12/h2-3,6-7H,1,4-5H2. The van der Waals surface area contributed by atoms with Crippen molar-refractivity contribution in [3.8, 4) is 11.5 Å². The topological polar surface area (TPSA) is 31.4 Å². The van der Waals surface area contributed by atoms with Crippen molar-refractivity contribution in [1.29, 1.82) is 0 Å². The van der Waals surface area contributed by atoms with E-state index in [4.69, 9.17) is 9.47 Å². The maximum atomic E-state index is 5.64. The van der Waals surface area contributed by atoms with E-state index >= 15 is 0 Å². The SMILES string of the molecule is Brc1ccnc2cc3c(cc12)OCCCO3. The average molecular weight is 280 g/mol. The molecule has 0 atom stereocenters. The number of hydrogen-bond acceptors (Lipinski definition) is 3. The summed E-state index contributed by atoms with van der Waals surface area (Å²) in [6, 6.07) is 5.83. The molecule has 0 unspecified atom stereocenters. The summed E-state index contributed by atoms with van der Waals surface area (Å²) in [5.74, 6) is 1.59. The minimum absolute atomic E-state index is 0.701. The summed E-state index contributed by atoms with van der Waals surface area (Å²) in [7, 11) is 0. The molecule has 16 heavy (non-hydrogen) atoms. The van der Waals surface area contributed by atoms with Gasteiger partial charge in [-0.25, -0.2) is 0 Å². The van der Waals surface area contributed by atoms with E-state index in [2.05, 4.69) is 20.9 Å². The summed E-state index contributed by atoms with van der Waals surface area (Å²) >= 11 is 3.51. The van der Waals surface area contributed by atoms with Crippen molar-refractivity contribution in [1.82, 2.24) is 4.98 Å². The van der Waals surface area contributed by atoms with Crippen LogP contribution >= 0.6 is 15.9 Å². The van der Waals surface area contributed by atoms with Gasteiger partial charge >= 0.3 is 0 Å². The molecular weight excluding hydrogens is 270 g/mol. The van der Waals surface area contributed by atoms with Crippen molar-refractivity contribution >= 4 is 26.8 Å². The summed E-state index contributed by atoms with van der Waals surface area (Å²) in [6.45, 7) is 1.41.